The minimum atomic E-state index is -3.39. The molecule has 0 saturated heterocycles. The highest BCUT2D eigenvalue weighted by molar-refractivity contribution is 9.10. The summed E-state index contributed by atoms with van der Waals surface area (Å²) in [6, 6.07) is 16.2. The zero-order valence-corrected chi connectivity index (χ0v) is 16.7. The van der Waals surface area contributed by atoms with Crippen molar-refractivity contribution < 1.29 is 8.42 Å². The minimum Gasteiger partial charge on any atom is -0.352 e. The summed E-state index contributed by atoms with van der Waals surface area (Å²) in [5, 5.41) is 0. The zero-order valence-electron chi connectivity index (χ0n) is 14.3. The van der Waals surface area contributed by atoms with Crippen molar-refractivity contribution in [3.05, 3.63) is 70.3 Å². The normalized spacial score (nSPS) is 25.0. The Kier molecular flexibility index (Phi) is 3.57. The van der Waals surface area contributed by atoms with E-state index in [1.807, 2.05) is 49.5 Å². The fourth-order valence-electron chi connectivity index (χ4n) is 4.20. The summed E-state index contributed by atoms with van der Waals surface area (Å²) in [6.07, 6.45) is 2.77. The summed E-state index contributed by atoms with van der Waals surface area (Å²) in [4.78, 5) is 2.06. The number of benzene rings is 2. The molecule has 2 aliphatic heterocycles. The molecule has 2 atom stereocenters. The van der Waals surface area contributed by atoms with Crippen molar-refractivity contribution in [1.29, 1.82) is 0 Å². The molecule has 0 N–H and O–H groups in total. The molecule has 0 unspecified atom stereocenters. The van der Waals surface area contributed by atoms with Crippen molar-refractivity contribution in [3.8, 4) is 0 Å². The Labute approximate surface area is 156 Å². The van der Waals surface area contributed by atoms with Crippen LogP contribution in [0.3, 0.4) is 0 Å². The maximum Gasteiger partial charge on any atom is 0.233 e. The highest BCUT2D eigenvalue weighted by Gasteiger charge is 2.57. The van der Waals surface area contributed by atoms with E-state index in [1.165, 1.54) is 10.6 Å². The molecule has 6 heteroatoms. The third-order valence-electron chi connectivity index (χ3n) is 5.31. The molecule has 2 aliphatic rings. The van der Waals surface area contributed by atoms with E-state index >= 15 is 0 Å². The fraction of sp³-hybridized carbons (Fsp3) is 0.263. The van der Waals surface area contributed by atoms with Crippen molar-refractivity contribution in [2.45, 2.75) is 18.5 Å². The van der Waals surface area contributed by atoms with Crippen LogP contribution in [0.1, 0.15) is 18.1 Å². The number of hydrogen-bond acceptors (Lipinski definition) is 3. The van der Waals surface area contributed by atoms with Crippen LogP contribution in [-0.4, -0.2) is 32.2 Å². The van der Waals surface area contributed by atoms with Gasteiger partial charge < -0.3 is 4.90 Å². The van der Waals surface area contributed by atoms with Gasteiger partial charge in [0.05, 0.1) is 11.7 Å². The predicted octanol–water partition coefficient (Wildman–Crippen LogP) is 3.80. The van der Waals surface area contributed by atoms with Crippen molar-refractivity contribution >= 4 is 37.2 Å². The Morgan fingerprint density at radius 2 is 1.80 bits per heavy atom. The Bertz CT molecular complexity index is 988. The Hall–Kier alpha value is -1.79. The van der Waals surface area contributed by atoms with Gasteiger partial charge in [-0.15, -0.1) is 0 Å². The third-order valence-corrected chi connectivity index (χ3v) is 6.87. The Balaban J connectivity index is 2.02. The number of halogens is 1. The summed E-state index contributed by atoms with van der Waals surface area (Å²) in [6.45, 7) is 2.14. The van der Waals surface area contributed by atoms with Gasteiger partial charge in [0, 0.05) is 23.4 Å². The molecule has 0 bridgehead atoms. The summed E-state index contributed by atoms with van der Waals surface area (Å²) < 4.78 is 27.5. The van der Waals surface area contributed by atoms with Gasteiger partial charge in [0.15, 0.2) is 0 Å². The lowest BCUT2D eigenvalue weighted by atomic mass is 9.75. The molecular weight excluding hydrogens is 400 g/mol. The largest absolute Gasteiger partial charge is 0.352 e. The standard InChI is InChI=1S/C19H19BrN2O2S/c1-19-15-11-14(20)9-10-17(15)21(2)18(19)22(25(3,23)24)12-16(19)13-7-5-4-6-8-13/h4-12,18H,1-3H3/t18-,19+/m0/s1. The van der Waals surface area contributed by atoms with Crippen molar-refractivity contribution in [2.75, 3.05) is 18.2 Å². The van der Waals surface area contributed by atoms with Crippen molar-refractivity contribution in [1.82, 2.24) is 4.31 Å². The molecule has 0 spiro atoms. The highest BCUT2D eigenvalue weighted by Crippen LogP contribution is 2.57. The van der Waals surface area contributed by atoms with Gasteiger partial charge in [-0.1, -0.05) is 46.3 Å². The monoisotopic (exact) mass is 418 g/mol. The van der Waals surface area contributed by atoms with Crippen LogP contribution in [0.2, 0.25) is 0 Å². The second kappa shape index (κ2) is 5.35. The zero-order chi connectivity index (χ0) is 18.0. The number of likely N-dealkylation sites (N-methyl/N-ethyl adjacent to an activating group) is 1. The smallest absolute Gasteiger partial charge is 0.233 e. The van der Waals surface area contributed by atoms with E-state index in [4.69, 9.17) is 0 Å². The molecule has 0 aromatic heterocycles. The summed E-state index contributed by atoms with van der Waals surface area (Å²) in [7, 11) is -1.43. The Morgan fingerprint density at radius 3 is 2.44 bits per heavy atom. The van der Waals surface area contributed by atoms with E-state index in [0.29, 0.717) is 0 Å². The van der Waals surface area contributed by atoms with Crippen LogP contribution in [-0.2, 0) is 15.4 Å². The number of fused-ring (bicyclic) bond motifs is 3. The lowest BCUT2D eigenvalue weighted by molar-refractivity contribution is 0.356. The van der Waals surface area contributed by atoms with Gasteiger partial charge in [0.25, 0.3) is 0 Å². The second-order valence-electron chi connectivity index (χ2n) is 6.85. The number of sulfonamides is 1. The molecule has 130 valence electrons. The molecular formula is C19H19BrN2O2S. The lowest BCUT2D eigenvalue weighted by Crippen LogP contribution is -2.49. The first kappa shape index (κ1) is 16.7. The van der Waals surface area contributed by atoms with Crippen molar-refractivity contribution in [3.63, 3.8) is 0 Å². The number of nitrogens with zero attached hydrogens (tertiary/aromatic N) is 2. The van der Waals surface area contributed by atoms with Gasteiger partial charge in [-0.05, 0) is 41.8 Å². The van der Waals surface area contributed by atoms with E-state index in [0.717, 1.165) is 26.9 Å². The molecule has 2 aromatic rings. The number of rotatable bonds is 2. The average molecular weight is 419 g/mol. The maximum absolute atomic E-state index is 12.5. The summed E-state index contributed by atoms with van der Waals surface area (Å²) in [5.41, 5.74) is 3.81. The SMILES string of the molecule is CN1c2ccc(Br)cc2[C@]2(C)C(c3ccccc3)=CN(S(C)(=O)=O)[C@H]12. The maximum atomic E-state index is 12.5. The lowest BCUT2D eigenvalue weighted by Gasteiger charge is -2.35. The van der Waals surface area contributed by atoms with Gasteiger partial charge in [0.1, 0.15) is 6.17 Å². The molecule has 25 heavy (non-hydrogen) atoms. The molecule has 2 heterocycles. The molecule has 0 amide bonds. The fourth-order valence-corrected chi connectivity index (χ4v) is 5.57. The highest BCUT2D eigenvalue weighted by atomic mass is 79.9. The van der Waals surface area contributed by atoms with Crippen LogP contribution in [0.5, 0.6) is 0 Å². The van der Waals surface area contributed by atoms with Crippen LogP contribution in [0.15, 0.2) is 59.2 Å². The first-order valence-electron chi connectivity index (χ1n) is 8.03. The molecule has 0 fully saturated rings. The summed E-state index contributed by atoms with van der Waals surface area (Å²) in [5.74, 6) is 0. The van der Waals surface area contributed by atoms with Gasteiger partial charge in [-0.25, -0.2) is 8.42 Å². The van der Waals surface area contributed by atoms with Gasteiger partial charge >= 0.3 is 0 Å². The molecule has 0 saturated carbocycles. The van der Waals surface area contributed by atoms with Crippen LogP contribution in [0.25, 0.3) is 5.57 Å². The quantitative estimate of drug-likeness (QED) is 0.744. The molecule has 0 radical (unpaired) electrons. The van der Waals surface area contributed by atoms with Crippen LogP contribution in [0, 0.1) is 0 Å². The van der Waals surface area contributed by atoms with Gasteiger partial charge in [-0.2, -0.15) is 0 Å². The first-order chi connectivity index (χ1) is 11.7. The Morgan fingerprint density at radius 1 is 1.12 bits per heavy atom. The van der Waals surface area contributed by atoms with Gasteiger partial charge in [-0.3, -0.25) is 4.31 Å². The molecule has 4 nitrogen and oxygen atoms in total. The van der Waals surface area contributed by atoms with Crippen molar-refractivity contribution in [2.24, 2.45) is 0 Å². The predicted molar refractivity (Wildman–Crippen MR) is 105 cm³/mol. The second-order valence-corrected chi connectivity index (χ2v) is 9.65. The molecule has 2 aromatic carbocycles. The van der Waals surface area contributed by atoms with E-state index < -0.39 is 15.4 Å². The molecule has 0 aliphatic carbocycles. The topological polar surface area (TPSA) is 40.6 Å². The van der Waals surface area contributed by atoms with Crippen LogP contribution in [0.4, 0.5) is 5.69 Å². The summed E-state index contributed by atoms with van der Waals surface area (Å²) >= 11 is 3.57. The first-order valence-corrected chi connectivity index (χ1v) is 10.7. The van der Waals surface area contributed by atoms with E-state index in [-0.39, 0.29) is 6.17 Å². The van der Waals surface area contributed by atoms with E-state index in [1.54, 1.807) is 6.20 Å². The van der Waals surface area contributed by atoms with Crippen LogP contribution < -0.4 is 4.90 Å². The van der Waals surface area contributed by atoms with Crippen LogP contribution >= 0.6 is 15.9 Å². The molecule has 4 rings (SSSR count). The van der Waals surface area contributed by atoms with Gasteiger partial charge in [0.2, 0.25) is 10.0 Å². The average Bonchev–Trinajstić information content (AvgIpc) is 2.99. The number of hydrogen-bond donors (Lipinski definition) is 0. The third kappa shape index (κ3) is 2.27. The minimum absolute atomic E-state index is 0.304. The van der Waals surface area contributed by atoms with E-state index in [2.05, 4.69) is 33.8 Å². The number of anilines is 1. The van der Waals surface area contributed by atoms with E-state index in [9.17, 15) is 8.42 Å².